The Balaban J connectivity index is 1.51. The third kappa shape index (κ3) is 2.78. The van der Waals surface area contributed by atoms with Crippen LogP contribution in [0.5, 0.6) is 0 Å². The van der Waals surface area contributed by atoms with E-state index in [0.29, 0.717) is 5.92 Å². The van der Waals surface area contributed by atoms with Gasteiger partial charge in [0.25, 0.3) is 0 Å². The van der Waals surface area contributed by atoms with E-state index in [0.717, 1.165) is 48.3 Å². The molecule has 0 unspecified atom stereocenters. The molecule has 3 aromatic heterocycles. The molecule has 7 nitrogen and oxygen atoms in total. The summed E-state index contributed by atoms with van der Waals surface area (Å²) in [5, 5.41) is 8.45. The van der Waals surface area contributed by atoms with Gasteiger partial charge in [0.1, 0.15) is 5.82 Å². The van der Waals surface area contributed by atoms with Crippen molar-refractivity contribution in [3.8, 4) is 0 Å². The first kappa shape index (κ1) is 14.2. The highest BCUT2D eigenvalue weighted by molar-refractivity contribution is 5.50. The van der Waals surface area contributed by atoms with Crippen LogP contribution in [-0.2, 0) is 12.8 Å². The second-order valence-electron chi connectivity index (χ2n) is 6.06. The maximum absolute atomic E-state index is 5.31. The smallest absolute Gasteiger partial charge is 0.229 e. The van der Waals surface area contributed by atoms with E-state index in [2.05, 4.69) is 45.2 Å². The maximum Gasteiger partial charge on any atom is 0.229 e. The Bertz CT molecular complexity index is 819. The largest absolute Gasteiger partial charge is 0.359 e. The summed E-state index contributed by atoms with van der Waals surface area (Å²) in [6.07, 6.45) is 5.78. The monoisotopic (exact) mass is 312 g/mol. The molecule has 0 spiro atoms. The Hall–Kier alpha value is -2.44. The van der Waals surface area contributed by atoms with Crippen molar-refractivity contribution in [3.63, 3.8) is 0 Å². The van der Waals surface area contributed by atoms with Crippen molar-refractivity contribution in [2.75, 3.05) is 18.5 Å². The van der Waals surface area contributed by atoms with Crippen LogP contribution in [0, 0.1) is 0 Å². The normalized spacial score (nSPS) is 14.5. The first-order chi connectivity index (χ1) is 11.2. The van der Waals surface area contributed by atoms with E-state index >= 15 is 0 Å². The number of aryl methyl sites for hydroxylation is 1. The van der Waals surface area contributed by atoms with E-state index in [1.807, 2.05) is 10.6 Å². The lowest BCUT2D eigenvalue weighted by Crippen LogP contribution is -2.24. The first-order valence-electron chi connectivity index (χ1n) is 8.12. The third-order valence-corrected chi connectivity index (χ3v) is 4.23. The van der Waals surface area contributed by atoms with E-state index in [-0.39, 0.29) is 0 Å². The standard InChI is InChI=1S/C16H20N6O/c1-3-12-10-15(22-14(18-12)6-8-17-22)21(2)9-7-13-19-16(23-20-13)11-4-5-11/h6,8,10-11H,3-5,7,9H2,1-2H3. The van der Waals surface area contributed by atoms with Gasteiger partial charge in [-0.15, -0.1) is 0 Å². The molecule has 0 radical (unpaired) electrons. The van der Waals surface area contributed by atoms with Crippen molar-refractivity contribution in [1.82, 2.24) is 24.7 Å². The first-order valence-corrected chi connectivity index (χ1v) is 8.12. The zero-order chi connectivity index (χ0) is 15.8. The molecule has 1 aliphatic carbocycles. The van der Waals surface area contributed by atoms with E-state index in [1.165, 1.54) is 12.8 Å². The second-order valence-corrected chi connectivity index (χ2v) is 6.06. The highest BCUT2D eigenvalue weighted by Crippen LogP contribution is 2.38. The molecule has 4 rings (SSSR count). The van der Waals surface area contributed by atoms with Crippen LogP contribution in [0.2, 0.25) is 0 Å². The highest BCUT2D eigenvalue weighted by Gasteiger charge is 2.29. The Morgan fingerprint density at radius 1 is 1.35 bits per heavy atom. The average molecular weight is 312 g/mol. The van der Waals surface area contributed by atoms with Crippen LogP contribution in [0.1, 0.15) is 43.1 Å². The van der Waals surface area contributed by atoms with Crippen molar-refractivity contribution in [2.45, 2.75) is 38.5 Å². The fraction of sp³-hybridized carbons (Fsp3) is 0.500. The number of fused-ring (bicyclic) bond motifs is 1. The van der Waals surface area contributed by atoms with Gasteiger partial charge in [-0.25, -0.2) is 4.98 Å². The van der Waals surface area contributed by atoms with Gasteiger partial charge in [0.2, 0.25) is 5.89 Å². The van der Waals surface area contributed by atoms with Crippen LogP contribution in [0.3, 0.4) is 0 Å². The van der Waals surface area contributed by atoms with E-state index < -0.39 is 0 Å². The molecule has 0 aromatic carbocycles. The SMILES string of the molecule is CCc1cc(N(C)CCc2noc(C3CC3)n2)n2nccc2n1. The quantitative estimate of drug-likeness (QED) is 0.695. The van der Waals surface area contributed by atoms with Crippen molar-refractivity contribution in [3.05, 3.63) is 35.7 Å². The van der Waals surface area contributed by atoms with Gasteiger partial charge in [-0.2, -0.15) is 14.6 Å². The van der Waals surface area contributed by atoms with E-state index in [1.54, 1.807) is 6.20 Å². The minimum absolute atomic E-state index is 0.505. The van der Waals surface area contributed by atoms with Gasteiger partial charge in [0.05, 0.1) is 6.20 Å². The van der Waals surface area contributed by atoms with Gasteiger partial charge < -0.3 is 9.42 Å². The molecule has 0 amide bonds. The Labute approximate surface area is 134 Å². The number of anilines is 1. The molecule has 0 bridgehead atoms. The summed E-state index contributed by atoms with van der Waals surface area (Å²) in [6.45, 7) is 2.91. The van der Waals surface area contributed by atoms with Gasteiger partial charge in [-0.1, -0.05) is 12.1 Å². The molecule has 120 valence electrons. The number of aromatic nitrogens is 5. The molecule has 0 atom stereocenters. The number of hydrogen-bond donors (Lipinski definition) is 0. The van der Waals surface area contributed by atoms with Gasteiger partial charge in [0, 0.05) is 43.8 Å². The topological polar surface area (TPSA) is 72.4 Å². The van der Waals surface area contributed by atoms with Crippen LogP contribution < -0.4 is 4.90 Å². The number of likely N-dealkylation sites (N-methyl/N-ethyl adjacent to an activating group) is 1. The summed E-state index contributed by atoms with van der Waals surface area (Å²) >= 11 is 0. The van der Waals surface area contributed by atoms with Crippen molar-refractivity contribution < 1.29 is 4.52 Å². The lowest BCUT2D eigenvalue weighted by molar-refractivity contribution is 0.374. The summed E-state index contributed by atoms with van der Waals surface area (Å²) in [5.74, 6) is 3.11. The summed E-state index contributed by atoms with van der Waals surface area (Å²) in [4.78, 5) is 11.2. The van der Waals surface area contributed by atoms with Crippen molar-refractivity contribution in [2.24, 2.45) is 0 Å². The predicted molar refractivity (Wildman–Crippen MR) is 85.6 cm³/mol. The average Bonchev–Trinajstić information content (AvgIpc) is 3.12. The van der Waals surface area contributed by atoms with Gasteiger partial charge in [-0.3, -0.25) is 0 Å². The summed E-state index contributed by atoms with van der Waals surface area (Å²) in [7, 11) is 2.05. The Kier molecular flexibility index (Phi) is 3.48. The fourth-order valence-electron chi connectivity index (χ4n) is 2.65. The summed E-state index contributed by atoms with van der Waals surface area (Å²) < 4.78 is 7.18. The molecular formula is C16H20N6O. The van der Waals surface area contributed by atoms with E-state index in [4.69, 9.17) is 4.52 Å². The minimum atomic E-state index is 0.505. The van der Waals surface area contributed by atoms with Gasteiger partial charge in [-0.05, 0) is 19.3 Å². The van der Waals surface area contributed by atoms with Gasteiger partial charge in [0.15, 0.2) is 11.5 Å². The molecule has 23 heavy (non-hydrogen) atoms. The fourth-order valence-corrected chi connectivity index (χ4v) is 2.65. The number of hydrogen-bond acceptors (Lipinski definition) is 6. The summed E-state index contributed by atoms with van der Waals surface area (Å²) in [5.41, 5.74) is 1.94. The van der Waals surface area contributed by atoms with E-state index in [9.17, 15) is 0 Å². The van der Waals surface area contributed by atoms with Gasteiger partial charge >= 0.3 is 0 Å². The lowest BCUT2D eigenvalue weighted by Gasteiger charge is -2.19. The van der Waals surface area contributed by atoms with Crippen LogP contribution in [0.25, 0.3) is 5.65 Å². The molecule has 3 aromatic rings. The van der Waals surface area contributed by atoms with Crippen LogP contribution in [0.15, 0.2) is 22.9 Å². The zero-order valence-corrected chi connectivity index (χ0v) is 13.4. The maximum atomic E-state index is 5.31. The molecule has 0 N–H and O–H groups in total. The van der Waals surface area contributed by atoms with Crippen LogP contribution >= 0.6 is 0 Å². The molecule has 1 saturated carbocycles. The number of nitrogens with zero attached hydrogens (tertiary/aromatic N) is 6. The van der Waals surface area contributed by atoms with Crippen molar-refractivity contribution in [1.29, 1.82) is 0 Å². The zero-order valence-electron chi connectivity index (χ0n) is 13.4. The molecule has 1 fully saturated rings. The van der Waals surface area contributed by atoms with Crippen molar-refractivity contribution >= 4 is 11.5 Å². The predicted octanol–water partition coefficient (Wildman–Crippen LogP) is 2.23. The number of rotatable bonds is 6. The molecule has 0 aliphatic heterocycles. The summed E-state index contributed by atoms with van der Waals surface area (Å²) in [6, 6.07) is 4.02. The Morgan fingerprint density at radius 2 is 2.22 bits per heavy atom. The molecule has 7 heteroatoms. The molecule has 1 aliphatic rings. The van der Waals surface area contributed by atoms with Crippen LogP contribution in [-0.4, -0.2) is 38.3 Å². The minimum Gasteiger partial charge on any atom is -0.359 e. The molecular weight excluding hydrogens is 292 g/mol. The third-order valence-electron chi connectivity index (χ3n) is 4.23. The van der Waals surface area contributed by atoms with Crippen LogP contribution in [0.4, 0.5) is 5.82 Å². The highest BCUT2D eigenvalue weighted by atomic mass is 16.5. The molecule has 3 heterocycles. The lowest BCUT2D eigenvalue weighted by atomic mass is 10.3. The Morgan fingerprint density at radius 3 is 3.00 bits per heavy atom. The second kappa shape index (κ2) is 5.64. The molecule has 0 saturated heterocycles.